The number of nitrogens with one attached hydrogen (secondary N) is 1. The van der Waals surface area contributed by atoms with Gasteiger partial charge < -0.3 is 5.32 Å². The Bertz CT molecular complexity index is 838. The van der Waals surface area contributed by atoms with Crippen LogP contribution in [0.4, 0.5) is 5.69 Å². The molecule has 3 rings (SSSR count). The number of pyridine rings is 1. The molecule has 0 fully saturated rings. The molecule has 0 aliphatic carbocycles. The highest BCUT2D eigenvalue weighted by molar-refractivity contribution is 6.02. The van der Waals surface area contributed by atoms with Gasteiger partial charge in [0.1, 0.15) is 0 Å². The molecule has 0 saturated carbocycles. The summed E-state index contributed by atoms with van der Waals surface area (Å²) in [5.74, 6) is -0.0977. The summed E-state index contributed by atoms with van der Waals surface area (Å²) in [5.41, 5.74) is 3.75. The minimum atomic E-state index is -0.0977. The van der Waals surface area contributed by atoms with Crippen LogP contribution in [0, 0.1) is 0 Å². The molecule has 0 aliphatic heterocycles. The predicted molar refractivity (Wildman–Crippen MR) is 91.4 cm³/mol. The van der Waals surface area contributed by atoms with E-state index in [-0.39, 0.29) is 5.91 Å². The number of nitrogens with zero attached hydrogens (tertiary/aromatic N) is 1. The Balaban J connectivity index is 2.04. The molecule has 1 N–H and O–H groups in total. The van der Waals surface area contributed by atoms with Crippen LogP contribution in [-0.4, -0.2) is 10.9 Å². The number of aromatic nitrogens is 1. The summed E-state index contributed by atoms with van der Waals surface area (Å²) in [7, 11) is 0. The lowest BCUT2D eigenvalue weighted by atomic mass is 10.1. The second kappa shape index (κ2) is 6.22. The van der Waals surface area contributed by atoms with E-state index in [0.29, 0.717) is 0 Å². The van der Waals surface area contributed by atoms with Crippen molar-refractivity contribution in [3.8, 4) is 0 Å². The first kappa shape index (κ1) is 14.0. The Kier molecular flexibility index (Phi) is 3.97. The van der Waals surface area contributed by atoms with Gasteiger partial charge in [-0.15, -0.1) is 0 Å². The summed E-state index contributed by atoms with van der Waals surface area (Å²) in [6.45, 7) is 1.50. The van der Waals surface area contributed by atoms with E-state index >= 15 is 0 Å². The van der Waals surface area contributed by atoms with Crippen LogP contribution in [0.1, 0.15) is 18.1 Å². The molecule has 0 aliphatic rings. The molecule has 3 aromatic rings. The number of hydrogen-bond donors (Lipinski definition) is 1. The lowest BCUT2D eigenvalue weighted by Gasteiger charge is -2.08. The Morgan fingerprint density at radius 1 is 1.00 bits per heavy atom. The predicted octanol–water partition coefficient (Wildman–Crippen LogP) is 4.36. The summed E-state index contributed by atoms with van der Waals surface area (Å²) in [6.07, 6.45) is 5.87. The number of hydrogen-bond acceptors (Lipinski definition) is 2. The van der Waals surface area contributed by atoms with Crippen LogP contribution in [0.3, 0.4) is 0 Å². The van der Waals surface area contributed by atoms with E-state index in [0.717, 1.165) is 27.7 Å². The van der Waals surface area contributed by atoms with E-state index in [1.807, 2.05) is 42.5 Å². The van der Waals surface area contributed by atoms with Crippen molar-refractivity contribution in [2.45, 2.75) is 6.92 Å². The molecular weight excluding hydrogens is 272 g/mol. The zero-order valence-electron chi connectivity index (χ0n) is 12.3. The van der Waals surface area contributed by atoms with Crippen LogP contribution in [0.15, 0.2) is 60.8 Å². The first-order valence-corrected chi connectivity index (χ1v) is 7.12. The summed E-state index contributed by atoms with van der Waals surface area (Å²) in [5, 5.41) is 3.84. The van der Waals surface area contributed by atoms with E-state index in [2.05, 4.69) is 34.6 Å². The number of benzene rings is 2. The number of carbonyl (C=O) groups excluding carboxylic acids is 1. The fraction of sp³-hybridized carbons (Fsp3) is 0.0526. The van der Waals surface area contributed by atoms with Gasteiger partial charge >= 0.3 is 0 Å². The van der Waals surface area contributed by atoms with Gasteiger partial charge in [-0.25, -0.2) is 0 Å². The van der Waals surface area contributed by atoms with Gasteiger partial charge in [0.2, 0.25) is 5.91 Å². The van der Waals surface area contributed by atoms with Crippen molar-refractivity contribution in [2.75, 3.05) is 5.32 Å². The summed E-state index contributed by atoms with van der Waals surface area (Å²) >= 11 is 0. The van der Waals surface area contributed by atoms with Crippen molar-refractivity contribution in [3.63, 3.8) is 0 Å². The highest BCUT2D eigenvalue weighted by atomic mass is 16.1. The lowest BCUT2D eigenvalue weighted by molar-refractivity contribution is -0.114. The van der Waals surface area contributed by atoms with Crippen molar-refractivity contribution >= 4 is 34.6 Å². The number of anilines is 1. The fourth-order valence-electron chi connectivity index (χ4n) is 2.38. The number of rotatable bonds is 3. The molecule has 3 nitrogen and oxygen atoms in total. The highest BCUT2D eigenvalue weighted by Crippen LogP contribution is 2.26. The molecule has 108 valence electrons. The molecule has 0 saturated heterocycles. The Labute approximate surface area is 129 Å². The standard InChI is InChI=1S/C19H16N2O/c1-14(22)21-18-12-11-16(17-8-5-13-20-19(17)18)10-9-15-6-3-2-4-7-15/h2-13H,1H3,(H,21,22). The van der Waals surface area contributed by atoms with Crippen LogP contribution < -0.4 is 5.32 Å². The van der Waals surface area contributed by atoms with Crippen molar-refractivity contribution < 1.29 is 4.79 Å². The number of amides is 1. The second-order valence-electron chi connectivity index (χ2n) is 5.03. The third-order valence-electron chi connectivity index (χ3n) is 3.37. The summed E-state index contributed by atoms with van der Waals surface area (Å²) < 4.78 is 0. The van der Waals surface area contributed by atoms with Crippen LogP contribution >= 0.6 is 0 Å². The topological polar surface area (TPSA) is 42.0 Å². The molecular formula is C19H16N2O. The molecule has 2 aromatic carbocycles. The van der Waals surface area contributed by atoms with Gasteiger partial charge in [-0.05, 0) is 23.3 Å². The van der Waals surface area contributed by atoms with E-state index in [1.54, 1.807) is 6.20 Å². The number of carbonyl (C=O) groups is 1. The number of fused-ring (bicyclic) bond motifs is 1. The molecule has 0 spiro atoms. The largest absolute Gasteiger partial charge is 0.324 e. The maximum atomic E-state index is 11.3. The molecule has 0 bridgehead atoms. The van der Waals surface area contributed by atoms with Crippen molar-refractivity contribution in [2.24, 2.45) is 0 Å². The third-order valence-corrected chi connectivity index (χ3v) is 3.37. The second-order valence-corrected chi connectivity index (χ2v) is 5.03. The van der Waals surface area contributed by atoms with Crippen molar-refractivity contribution in [1.82, 2.24) is 4.98 Å². The van der Waals surface area contributed by atoms with E-state index < -0.39 is 0 Å². The van der Waals surface area contributed by atoms with Gasteiger partial charge in [0, 0.05) is 18.5 Å². The highest BCUT2D eigenvalue weighted by Gasteiger charge is 2.06. The smallest absolute Gasteiger partial charge is 0.221 e. The average Bonchev–Trinajstić information content (AvgIpc) is 2.55. The van der Waals surface area contributed by atoms with E-state index in [9.17, 15) is 4.79 Å². The molecule has 1 heterocycles. The Morgan fingerprint density at radius 2 is 1.82 bits per heavy atom. The average molecular weight is 288 g/mol. The van der Waals surface area contributed by atoms with Gasteiger partial charge in [-0.2, -0.15) is 0 Å². The molecule has 1 amide bonds. The first-order chi connectivity index (χ1) is 10.7. The van der Waals surface area contributed by atoms with Crippen molar-refractivity contribution in [3.05, 3.63) is 71.9 Å². The zero-order chi connectivity index (χ0) is 15.4. The van der Waals surface area contributed by atoms with E-state index in [4.69, 9.17) is 0 Å². The van der Waals surface area contributed by atoms with Crippen LogP contribution in [0.2, 0.25) is 0 Å². The van der Waals surface area contributed by atoms with E-state index in [1.165, 1.54) is 6.92 Å². The van der Waals surface area contributed by atoms with Gasteiger partial charge in [0.15, 0.2) is 0 Å². The molecule has 0 radical (unpaired) electrons. The van der Waals surface area contributed by atoms with Crippen LogP contribution in [0.5, 0.6) is 0 Å². The molecule has 1 aromatic heterocycles. The third kappa shape index (κ3) is 3.04. The molecule has 0 unspecified atom stereocenters. The fourth-order valence-corrected chi connectivity index (χ4v) is 2.38. The summed E-state index contributed by atoms with van der Waals surface area (Å²) in [4.78, 5) is 15.7. The van der Waals surface area contributed by atoms with Gasteiger partial charge in [0.05, 0.1) is 11.2 Å². The lowest BCUT2D eigenvalue weighted by Crippen LogP contribution is -2.06. The molecule has 3 heteroatoms. The maximum absolute atomic E-state index is 11.3. The summed E-state index contributed by atoms with van der Waals surface area (Å²) in [6, 6.07) is 17.9. The minimum Gasteiger partial charge on any atom is -0.324 e. The normalized spacial score (nSPS) is 11.0. The first-order valence-electron chi connectivity index (χ1n) is 7.12. The van der Waals surface area contributed by atoms with Gasteiger partial charge in [-0.3, -0.25) is 9.78 Å². The minimum absolute atomic E-state index is 0.0977. The SMILES string of the molecule is CC(=O)Nc1ccc(C=Cc2ccccc2)c2cccnc12. The monoisotopic (exact) mass is 288 g/mol. The van der Waals surface area contributed by atoms with Crippen LogP contribution in [0.25, 0.3) is 23.1 Å². The van der Waals surface area contributed by atoms with Crippen molar-refractivity contribution in [1.29, 1.82) is 0 Å². The van der Waals surface area contributed by atoms with Gasteiger partial charge in [0.25, 0.3) is 0 Å². The quantitative estimate of drug-likeness (QED) is 0.727. The Morgan fingerprint density at radius 3 is 2.59 bits per heavy atom. The zero-order valence-corrected chi connectivity index (χ0v) is 12.3. The molecule has 22 heavy (non-hydrogen) atoms. The maximum Gasteiger partial charge on any atom is 0.221 e. The van der Waals surface area contributed by atoms with Crippen LogP contribution in [-0.2, 0) is 4.79 Å². The van der Waals surface area contributed by atoms with Gasteiger partial charge in [-0.1, -0.05) is 54.6 Å². The Hall–Kier alpha value is -2.94. The molecule has 0 atom stereocenters.